The SMILES string of the molecule is C[C@H](NS(=O)(=O)c1cc(Cl)ccc1[N+](=O)[O-])C(N)=O. The fraction of sp³-hybridized carbons (Fsp3) is 0.222. The highest BCUT2D eigenvalue weighted by Gasteiger charge is 2.28. The van der Waals surface area contributed by atoms with Crippen molar-refractivity contribution in [2.24, 2.45) is 5.73 Å². The maximum Gasteiger partial charge on any atom is 0.289 e. The van der Waals surface area contributed by atoms with E-state index in [2.05, 4.69) is 0 Å². The van der Waals surface area contributed by atoms with Gasteiger partial charge in [-0.3, -0.25) is 14.9 Å². The van der Waals surface area contributed by atoms with Crippen molar-refractivity contribution in [2.45, 2.75) is 17.9 Å². The Hall–Kier alpha value is -1.71. The number of hydrogen-bond donors (Lipinski definition) is 2. The lowest BCUT2D eigenvalue weighted by Gasteiger charge is -2.11. The Kier molecular flexibility index (Phi) is 4.45. The number of primary amides is 1. The Morgan fingerprint density at radius 3 is 2.58 bits per heavy atom. The minimum absolute atomic E-state index is 0.0118. The van der Waals surface area contributed by atoms with Crippen LogP contribution in [0.2, 0.25) is 5.02 Å². The van der Waals surface area contributed by atoms with Crippen LogP contribution in [0.1, 0.15) is 6.92 Å². The van der Waals surface area contributed by atoms with Crippen LogP contribution in [0.15, 0.2) is 23.1 Å². The van der Waals surface area contributed by atoms with Crippen LogP contribution in [0, 0.1) is 10.1 Å². The third-order valence-corrected chi connectivity index (χ3v) is 3.97. The molecule has 19 heavy (non-hydrogen) atoms. The third kappa shape index (κ3) is 3.63. The van der Waals surface area contributed by atoms with E-state index in [0.29, 0.717) is 0 Å². The van der Waals surface area contributed by atoms with Gasteiger partial charge >= 0.3 is 0 Å². The number of nitrogens with two attached hydrogens (primary N) is 1. The van der Waals surface area contributed by atoms with Gasteiger partial charge in [0, 0.05) is 11.1 Å². The van der Waals surface area contributed by atoms with Crippen LogP contribution in [0.4, 0.5) is 5.69 Å². The van der Waals surface area contributed by atoms with Gasteiger partial charge in [-0.15, -0.1) is 0 Å². The molecule has 0 saturated heterocycles. The average Bonchev–Trinajstić information content (AvgIpc) is 2.27. The number of amides is 1. The summed E-state index contributed by atoms with van der Waals surface area (Å²) in [6.07, 6.45) is 0. The number of sulfonamides is 1. The van der Waals surface area contributed by atoms with Gasteiger partial charge in [-0.25, -0.2) is 8.42 Å². The number of hydrogen-bond acceptors (Lipinski definition) is 5. The van der Waals surface area contributed by atoms with E-state index < -0.39 is 37.5 Å². The normalized spacial score (nSPS) is 12.9. The lowest BCUT2D eigenvalue weighted by Crippen LogP contribution is -2.42. The molecule has 0 fully saturated rings. The standard InChI is InChI=1S/C9H10ClN3O5S/c1-5(9(11)14)12-19(17,18)8-4-6(10)2-3-7(8)13(15)16/h2-5,12H,1H3,(H2,11,14)/t5-/m0/s1. The summed E-state index contributed by atoms with van der Waals surface area (Å²) in [5.74, 6) is -0.909. The van der Waals surface area contributed by atoms with E-state index in [-0.39, 0.29) is 5.02 Å². The number of halogens is 1. The third-order valence-electron chi connectivity index (χ3n) is 2.17. The molecule has 0 heterocycles. The van der Waals surface area contributed by atoms with Crippen molar-refractivity contribution in [3.8, 4) is 0 Å². The Morgan fingerprint density at radius 2 is 2.11 bits per heavy atom. The second-order valence-electron chi connectivity index (χ2n) is 3.61. The fourth-order valence-electron chi connectivity index (χ4n) is 1.21. The number of carbonyl (C=O) groups is 1. The number of nitro benzene ring substituents is 1. The number of nitro groups is 1. The Morgan fingerprint density at radius 1 is 1.53 bits per heavy atom. The molecule has 0 aliphatic carbocycles. The van der Waals surface area contributed by atoms with Gasteiger partial charge in [-0.1, -0.05) is 11.6 Å². The minimum atomic E-state index is -4.28. The molecular weight excluding hydrogens is 298 g/mol. The molecule has 0 aromatic heterocycles. The van der Waals surface area contributed by atoms with Gasteiger partial charge in [0.2, 0.25) is 15.9 Å². The number of nitrogens with zero attached hydrogens (tertiary/aromatic N) is 1. The van der Waals surface area contributed by atoms with Crippen LogP contribution in [-0.4, -0.2) is 25.3 Å². The molecule has 1 rings (SSSR count). The zero-order valence-corrected chi connectivity index (χ0v) is 11.2. The van der Waals surface area contributed by atoms with Crippen molar-refractivity contribution in [1.29, 1.82) is 0 Å². The van der Waals surface area contributed by atoms with Crippen LogP contribution in [0.25, 0.3) is 0 Å². The van der Waals surface area contributed by atoms with Gasteiger partial charge in [0.25, 0.3) is 5.69 Å². The van der Waals surface area contributed by atoms with E-state index in [1.54, 1.807) is 0 Å². The van der Waals surface area contributed by atoms with Crippen LogP contribution < -0.4 is 10.5 Å². The average molecular weight is 308 g/mol. The summed E-state index contributed by atoms with van der Waals surface area (Å²) in [5.41, 5.74) is 4.28. The number of nitrogens with one attached hydrogen (secondary N) is 1. The highest BCUT2D eigenvalue weighted by atomic mass is 35.5. The number of benzene rings is 1. The molecule has 0 aliphatic heterocycles. The molecule has 1 aromatic carbocycles. The molecule has 8 nitrogen and oxygen atoms in total. The lowest BCUT2D eigenvalue weighted by molar-refractivity contribution is -0.387. The van der Waals surface area contributed by atoms with Crippen molar-refractivity contribution in [2.75, 3.05) is 0 Å². The summed E-state index contributed by atoms with van der Waals surface area (Å²) in [7, 11) is -4.28. The van der Waals surface area contributed by atoms with Gasteiger partial charge in [0.05, 0.1) is 11.0 Å². The molecule has 0 bridgehead atoms. The second-order valence-corrected chi connectivity index (χ2v) is 5.73. The first-order valence-corrected chi connectivity index (χ1v) is 6.77. The topological polar surface area (TPSA) is 132 Å². The zero-order valence-electron chi connectivity index (χ0n) is 9.66. The van der Waals surface area contributed by atoms with Crippen molar-refractivity contribution in [3.05, 3.63) is 33.3 Å². The zero-order chi connectivity index (χ0) is 14.8. The summed E-state index contributed by atoms with van der Waals surface area (Å²) in [5, 5.41) is 10.8. The van der Waals surface area contributed by atoms with Gasteiger partial charge < -0.3 is 5.73 Å². The Balaban J connectivity index is 3.31. The summed E-state index contributed by atoms with van der Waals surface area (Å²) in [6, 6.07) is 1.88. The molecule has 3 N–H and O–H groups in total. The molecular formula is C9H10ClN3O5S. The summed E-state index contributed by atoms with van der Waals surface area (Å²) < 4.78 is 25.8. The predicted molar refractivity (Wildman–Crippen MR) is 67.1 cm³/mol. The van der Waals surface area contributed by atoms with E-state index in [1.165, 1.54) is 13.0 Å². The lowest BCUT2D eigenvalue weighted by atomic mass is 10.3. The first kappa shape index (κ1) is 15.3. The molecule has 0 aliphatic rings. The molecule has 1 amide bonds. The molecule has 0 unspecified atom stereocenters. The van der Waals surface area contributed by atoms with Gasteiger partial charge in [-0.05, 0) is 19.1 Å². The van der Waals surface area contributed by atoms with E-state index >= 15 is 0 Å². The van der Waals surface area contributed by atoms with Gasteiger partial charge in [-0.2, -0.15) is 4.72 Å². The Labute approximate surface area is 113 Å². The van der Waals surface area contributed by atoms with Crippen LogP contribution >= 0.6 is 11.6 Å². The van der Waals surface area contributed by atoms with Crippen molar-refractivity contribution >= 4 is 33.2 Å². The molecule has 0 spiro atoms. The molecule has 1 aromatic rings. The van der Waals surface area contributed by atoms with Crippen molar-refractivity contribution < 1.29 is 18.1 Å². The smallest absolute Gasteiger partial charge is 0.289 e. The van der Waals surface area contributed by atoms with E-state index in [9.17, 15) is 23.3 Å². The number of rotatable bonds is 5. The highest BCUT2D eigenvalue weighted by Crippen LogP contribution is 2.26. The quantitative estimate of drug-likeness (QED) is 0.600. The van der Waals surface area contributed by atoms with Gasteiger partial charge in [0.1, 0.15) is 0 Å². The molecule has 0 radical (unpaired) electrons. The Bertz CT molecular complexity index is 631. The summed E-state index contributed by atoms with van der Waals surface area (Å²) in [4.78, 5) is 20.1. The maximum absolute atomic E-state index is 11.9. The van der Waals surface area contributed by atoms with Crippen molar-refractivity contribution in [1.82, 2.24) is 4.72 Å². The van der Waals surface area contributed by atoms with Crippen LogP contribution in [-0.2, 0) is 14.8 Å². The van der Waals surface area contributed by atoms with E-state index in [0.717, 1.165) is 12.1 Å². The van der Waals surface area contributed by atoms with Crippen LogP contribution in [0.5, 0.6) is 0 Å². The molecule has 10 heteroatoms. The minimum Gasteiger partial charge on any atom is -0.368 e. The molecule has 1 atom stereocenters. The predicted octanol–water partition coefficient (Wildman–Crippen LogP) is 0.400. The van der Waals surface area contributed by atoms with Crippen molar-refractivity contribution in [3.63, 3.8) is 0 Å². The monoisotopic (exact) mass is 307 g/mol. The largest absolute Gasteiger partial charge is 0.368 e. The number of carbonyl (C=O) groups excluding carboxylic acids is 1. The van der Waals surface area contributed by atoms with Crippen LogP contribution in [0.3, 0.4) is 0 Å². The van der Waals surface area contributed by atoms with Gasteiger partial charge in [0.15, 0.2) is 4.90 Å². The second kappa shape index (κ2) is 5.51. The van der Waals surface area contributed by atoms with E-state index in [1.807, 2.05) is 4.72 Å². The molecule has 104 valence electrons. The highest BCUT2D eigenvalue weighted by molar-refractivity contribution is 7.89. The first-order chi connectivity index (χ1) is 8.65. The summed E-state index contributed by atoms with van der Waals surface area (Å²) >= 11 is 5.62. The fourth-order valence-corrected chi connectivity index (χ4v) is 2.85. The first-order valence-electron chi connectivity index (χ1n) is 4.90. The van der Waals surface area contributed by atoms with E-state index in [4.69, 9.17) is 17.3 Å². The maximum atomic E-state index is 11.9. The summed E-state index contributed by atoms with van der Waals surface area (Å²) in [6.45, 7) is 1.22. The molecule has 0 saturated carbocycles.